The summed E-state index contributed by atoms with van der Waals surface area (Å²) in [6.45, 7) is 1.74. The summed E-state index contributed by atoms with van der Waals surface area (Å²) in [5.74, 6) is 0.627. The minimum absolute atomic E-state index is 0.00920. The van der Waals surface area contributed by atoms with E-state index in [0.717, 1.165) is 28.2 Å². The van der Waals surface area contributed by atoms with Crippen LogP contribution in [0.3, 0.4) is 0 Å². The van der Waals surface area contributed by atoms with Crippen molar-refractivity contribution in [3.63, 3.8) is 0 Å². The van der Waals surface area contributed by atoms with E-state index in [1.807, 2.05) is 47.1 Å². The summed E-state index contributed by atoms with van der Waals surface area (Å²) in [7, 11) is 1.75. The molecule has 3 heterocycles. The molecule has 0 aliphatic carbocycles. The number of nitrogens with zero attached hydrogens (tertiary/aromatic N) is 3. The molecule has 1 amide bonds. The van der Waals surface area contributed by atoms with Crippen LogP contribution in [0, 0.1) is 0 Å². The Labute approximate surface area is 138 Å². The van der Waals surface area contributed by atoms with Crippen molar-refractivity contribution in [2.45, 2.75) is 19.6 Å². The van der Waals surface area contributed by atoms with E-state index in [0.29, 0.717) is 5.75 Å². The molecule has 0 fully saturated rings. The molecule has 1 aromatic carbocycles. The molecule has 3 aromatic rings. The van der Waals surface area contributed by atoms with Crippen LogP contribution in [0.25, 0.3) is 16.9 Å². The maximum absolute atomic E-state index is 12.1. The molecule has 0 saturated carbocycles. The van der Waals surface area contributed by atoms with Crippen molar-refractivity contribution < 1.29 is 14.6 Å². The first kappa shape index (κ1) is 14.7. The Bertz CT molecular complexity index is 948. The monoisotopic (exact) mass is 323 g/mol. The molecule has 1 aliphatic rings. The molecule has 1 unspecified atom stereocenters. The van der Waals surface area contributed by atoms with Crippen LogP contribution in [0.2, 0.25) is 0 Å². The number of pyridine rings is 1. The largest absolute Gasteiger partial charge is 0.479 e. The van der Waals surface area contributed by atoms with Crippen molar-refractivity contribution in [1.82, 2.24) is 9.38 Å². The van der Waals surface area contributed by atoms with Gasteiger partial charge in [0.15, 0.2) is 6.10 Å². The first-order chi connectivity index (χ1) is 11.6. The number of fused-ring (bicyclic) bond motifs is 2. The van der Waals surface area contributed by atoms with Crippen molar-refractivity contribution in [2.75, 3.05) is 11.9 Å². The van der Waals surface area contributed by atoms with Gasteiger partial charge in [-0.25, -0.2) is 4.98 Å². The molecule has 24 heavy (non-hydrogen) atoms. The molecule has 0 spiro atoms. The summed E-state index contributed by atoms with van der Waals surface area (Å²) in [6, 6.07) is 9.43. The first-order valence-corrected chi connectivity index (χ1v) is 7.74. The van der Waals surface area contributed by atoms with Crippen molar-refractivity contribution >= 4 is 17.2 Å². The topological polar surface area (TPSA) is 67.1 Å². The number of aromatic nitrogens is 2. The van der Waals surface area contributed by atoms with Crippen molar-refractivity contribution in [3.05, 3.63) is 48.3 Å². The second kappa shape index (κ2) is 5.35. The lowest BCUT2D eigenvalue weighted by molar-refractivity contribution is -0.125. The second-order valence-corrected chi connectivity index (χ2v) is 5.93. The van der Waals surface area contributed by atoms with Crippen molar-refractivity contribution in [3.8, 4) is 17.0 Å². The Morgan fingerprint density at radius 3 is 2.88 bits per heavy atom. The molecule has 0 radical (unpaired) electrons. The van der Waals surface area contributed by atoms with Crippen LogP contribution in [0.1, 0.15) is 12.5 Å². The molecule has 1 atom stereocenters. The maximum atomic E-state index is 12.1. The molecule has 6 nitrogen and oxygen atoms in total. The van der Waals surface area contributed by atoms with Gasteiger partial charge in [0.25, 0.3) is 5.91 Å². The predicted molar refractivity (Wildman–Crippen MR) is 90.1 cm³/mol. The van der Waals surface area contributed by atoms with Crippen LogP contribution < -0.4 is 9.64 Å². The number of amides is 1. The Kier molecular flexibility index (Phi) is 3.28. The second-order valence-electron chi connectivity index (χ2n) is 5.93. The summed E-state index contributed by atoms with van der Waals surface area (Å²) >= 11 is 0. The number of anilines is 1. The van der Waals surface area contributed by atoms with E-state index >= 15 is 0 Å². The van der Waals surface area contributed by atoms with Crippen LogP contribution in [0.15, 0.2) is 42.7 Å². The van der Waals surface area contributed by atoms with E-state index < -0.39 is 6.10 Å². The van der Waals surface area contributed by atoms with Crippen molar-refractivity contribution in [1.29, 1.82) is 0 Å². The minimum atomic E-state index is -0.472. The highest BCUT2D eigenvalue weighted by atomic mass is 16.5. The van der Waals surface area contributed by atoms with Gasteiger partial charge in [0.1, 0.15) is 11.4 Å². The van der Waals surface area contributed by atoms with Crippen LogP contribution in [-0.2, 0) is 11.4 Å². The van der Waals surface area contributed by atoms with Gasteiger partial charge in [0, 0.05) is 25.0 Å². The van der Waals surface area contributed by atoms with Crippen LogP contribution in [0.5, 0.6) is 5.75 Å². The number of hydrogen-bond donors (Lipinski definition) is 1. The predicted octanol–water partition coefficient (Wildman–Crippen LogP) is 2.24. The molecule has 1 N–H and O–H groups in total. The number of ether oxygens (including phenoxy) is 1. The standard InChI is InChI=1S/C18H17N3O3/c1-11-18(23)20(2)15-7-13(4-5-16(15)24-11)14-9-21-8-12(10-22)3-6-17(21)19-14/h3-9,11,22H,10H2,1-2H3. The number of likely N-dealkylation sites (N-methyl/N-ethyl adjacent to an activating group) is 1. The summed E-state index contributed by atoms with van der Waals surface area (Å²) in [5.41, 5.74) is 4.07. The number of benzene rings is 1. The van der Waals surface area contributed by atoms with E-state index in [1.165, 1.54) is 0 Å². The molecule has 0 saturated heterocycles. The molecule has 6 heteroatoms. The van der Waals surface area contributed by atoms with Gasteiger partial charge in [0.2, 0.25) is 0 Å². The third-order valence-corrected chi connectivity index (χ3v) is 4.29. The molecular formula is C18H17N3O3. The van der Waals surface area contributed by atoms with E-state index in [1.54, 1.807) is 18.9 Å². The quantitative estimate of drug-likeness (QED) is 0.785. The summed E-state index contributed by atoms with van der Waals surface area (Å²) in [6.07, 6.45) is 3.29. The summed E-state index contributed by atoms with van der Waals surface area (Å²) in [4.78, 5) is 18.3. The van der Waals surface area contributed by atoms with E-state index in [2.05, 4.69) is 4.98 Å². The van der Waals surface area contributed by atoms with Crippen molar-refractivity contribution in [2.24, 2.45) is 0 Å². The van der Waals surface area contributed by atoms with Gasteiger partial charge in [-0.15, -0.1) is 0 Å². The smallest absolute Gasteiger partial charge is 0.267 e. The summed E-state index contributed by atoms with van der Waals surface area (Å²) < 4.78 is 7.53. The highest BCUT2D eigenvalue weighted by molar-refractivity contribution is 6.00. The average Bonchev–Trinajstić information content (AvgIpc) is 3.02. The number of hydrogen-bond acceptors (Lipinski definition) is 4. The number of aliphatic hydroxyl groups is 1. The molecule has 4 rings (SSSR count). The maximum Gasteiger partial charge on any atom is 0.267 e. The molecule has 0 bridgehead atoms. The van der Waals surface area contributed by atoms with Gasteiger partial charge in [-0.2, -0.15) is 0 Å². The van der Waals surface area contributed by atoms with Gasteiger partial charge in [-0.05, 0) is 36.8 Å². The zero-order chi connectivity index (χ0) is 16.8. The number of carbonyl (C=O) groups excluding carboxylic acids is 1. The highest BCUT2D eigenvalue weighted by Crippen LogP contribution is 2.36. The molecule has 1 aliphatic heterocycles. The fourth-order valence-electron chi connectivity index (χ4n) is 2.94. The van der Waals surface area contributed by atoms with Gasteiger partial charge in [-0.1, -0.05) is 6.07 Å². The number of imidazole rings is 1. The Morgan fingerprint density at radius 1 is 1.25 bits per heavy atom. The van der Waals surface area contributed by atoms with E-state index in [-0.39, 0.29) is 12.5 Å². The number of rotatable bonds is 2. The third kappa shape index (κ3) is 2.23. The zero-order valence-corrected chi connectivity index (χ0v) is 13.4. The highest BCUT2D eigenvalue weighted by Gasteiger charge is 2.29. The summed E-state index contributed by atoms with van der Waals surface area (Å²) in [5, 5.41) is 9.24. The fraction of sp³-hybridized carbons (Fsp3) is 0.222. The Balaban J connectivity index is 1.79. The minimum Gasteiger partial charge on any atom is -0.479 e. The average molecular weight is 323 g/mol. The lowest BCUT2D eigenvalue weighted by atomic mass is 10.1. The Hall–Kier alpha value is -2.86. The zero-order valence-electron chi connectivity index (χ0n) is 13.4. The molecule has 122 valence electrons. The van der Waals surface area contributed by atoms with Crippen LogP contribution in [-0.4, -0.2) is 33.6 Å². The lowest BCUT2D eigenvalue weighted by Gasteiger charge is -2.30. The lowest BCUT2D eigenvalue weighted by Crippen LogP contribution is -2.41. The molecular weight excluding hydrogens is 306 g/mol. The number of carbonyl (C=O) groups is 1. The van der Waals surface area contributed by atoms with Gasteiger partial charge in [-0.3, -0.25) is 4.79 Å². The Morgan fingerprint density at radius 2 is 2.08 bits per heavy atom. The normalized spacial score (nSPS) is 17.0. The number of aliphatic hydroxyl groups excluding tert-OH is 1. The first-order valence-electron chi connectivity index (χ1n) is 7.74. The van der Waals surface area contributed by atoms with E-state index in [4.69, 9.17) is 4.74 Å². The third-order valence-electron chi connectivity index (χ3n) is 4.29. The SMILES string of the molecule is CC1Oc2ccc(-c3cn4cc(CO)ccc4n3)cc2N(C)C1=O. The van der Waals surface area contributed by atoms with E-state index in [9.17, 15) is 9.90 Å². The van der Waals surface area contributed by atoms with Crippen LogP contribution >= 0.6 is 0 Å². The van der Waals surface area contributed by atoms with Gasteiger partial charge < -0.3 is 19.1 Å². The van der Waals surface area contributed by atoms with Gasteiger partial charge in [0.05, 0.1) is 18.0 Å². The fourth-order valence-corrected chi connectivity index (χ4v) is 2.94. The molecule has 2 aromatic heterocycles. The van der Waals surface area contributed by atoms with Gasteiger partial charge >= 0.3 is 0 Å². The van der Waals surface area contributed by atoms with Crippen LogP contribution in [0.4, 0.5) is 5.69 Å².